The Bertz CT molecular complexity index is 696. The molecular weight excluding hydrogens is 336 g/mol. The highest BCUT2D eigenvalue weighted by molar-refractivity contribution is 7.80. The Morgan fingerprint density at radius 3 is 2.72 bits per heavy atom. The molecule has 134 valence electrons. The smallest absolute Gasteiger partial charge is 0.338 e. The molecule has 1 aromatic rings. The van der Waals surface area contributed by atoms with Gasteiger partial charge in [-0.05, 0) is 57.8 Å². The first kappa shape index (κ1) is 17.7. The summed E-state index contributed by atoms with van der Waals surface area (Å²) in [6, 6.07) is 7.45. The van der Waals surface area contributed by atoms with Crippen LogP contribution < -0.4 is 15.4 Å². The fraction of sp³-hybridized carbons (Fsp3) is 0.474. The molecule has 2 aliphatic rings. The van der Waals surface area contributed by atoms with Gasteiger partial charge in [-0.1, -0.05) is 18.2 Å². The quantitative estimate of drug-likeness (QED) is 0.620. The number of thiocarbonyl (C=S) groups is 1. The molecule has 0 radical (unpaired) electrons. The van der Waals surface area contributed by atoms with E-state index in [1.54, 1.807) is 6.92 Å². The number of benzene rings is 1. The average Bonchev–Trinajstić information content (AvgIpc) is 3.08. The van der Waals surface area contributed by atoms with E-state index in [0.717, 1.165) is 24.2 Å². The van der Waals surface area contributed by atoms with Gasteiger partial charge in [-0.15, -0.1) is 0 Å². The second kappa shape index (κ2) is 7.87. The number of allylic oxidation sites excluding steroid dienone is 1. The molecule has 1 aromatic carbocycles. The molecule has 5 nitrogen and oxygen atoms in total. The van der Waals surface area contributed by atoms with Crippen molar-refractivity contribution in [3.63, 3.8) is 0 Å². The summed E-state index contributed by atoms with van der Waals surface area (Å²) in [4.78, 5) is 12.5. The van der Waals surface area contributed by atoms with Crippen molar-refractivity contribution < 1.29 is 14.3 Å². The second-order valence-corrected chi connectivity index (χ2v) is 6.76. The molecular formula is C19H24N2O3S. The average molecular weight is 360 g/mol. The van der Waals surface area contributed by atoms with Crippen LogP contribution in [0.15, 0.2) is 35.5 Å². The van der Waals surface area contributed by atoms with Gasteiger partial charge in [-0.25, -0.2) is 4.79 Å². The van der Waals surface area contributed by atoms with Crippen LogP contribution in [0.1, 0.15) is 51.1 Å². The summed E-state index contributed by atoms with van der Waals surface area (Å²) in [5.74, 6) is 0.453. The van der Waals surface area contributed by atoms with Gasteiger partial charge in [0, 0.05) is 11.3 Å². The van der Waals surface area contributed by atoms with Crippen LogP contribution in [-0.2, 0) is 9.53 Å². The predicted molar refractivity (Wildman–Crippen MR) is 100 cm³/mol. The van der Waals surface area contributed by atoms with E-state index < -0.39 is 0 Å². The van der Waals surface area contributed by atoms with Crippen LogP contribution in [0.5, 0.6) is 5.75 Å². The molecule has 1 heterocycles. The van der Waals surface area contributed by atoms with Crippen LogP contribution in [0.3, 0.4) is 0 Å². The molecule has 0 bridgehead atoms. The summed E-state index contributed by atoms with van der Waals surface area (Å²) < 4.78 is 11.5. The Labute approximate surface area is 153 Å². The maximum absolute atomic E-state index is 12.5. The fourth-order valence-electron chi connectivity index (χ4n) is 3.42. The molecule has 1 aliphatic heterocycles. The van der Waals surface area contributed by atoms with Crippen molar-refractivity contribution in [1.29, 1.82) is 0 Å². The van der Waals surface area contributed by atoms with E-state index in [2.05, 4.69) is 10.6 Å². The summed E-state index contributed by atoms with van der Waals surface area (Å²) in [6.45, 7) is 3.97. The van der Waals surface area contributed by atoms with E-state index >= 15 is 0 Å². The highest BCUT2D eigenvalue weighted by Crippen LogP contribution is 2.35. The van der Waals surface area contributed by atoms with E-state index in [1.807, 2.05) is 31.2 Å². The summed E-state index contributed by atoms with van der Waals surface area (Å²) in [5.41, 5.74) is 2.15. The number of esters is 1. The Kier molecular flexibility index (Phi) is 5.58. The van der Waals surface area contributed by atoms with Crippen LogP contribution in [0.2, 0.25) is 0 Å². The molecule has 1 unspecified atom stereocenters. The lowest BCUT2D eigenvalue weighted by molar-refractivity contribution is -0.139. The second-order valence-electron chi connectivity index (χ2n) is 6.35. The van der Waals surface area contributed by atoms with Crippen molar-refractivity contribution in [2.75, 3.05) is 6.61 Å². The van der Waals surface area contributed by atoms with Gasteiger partial charge < -0.3 is 20.1 Å². The number of ether oxygens (including phenoxy) is 2. The molecule has 25 heavy (non-hydrogen) atoms. The zero-order valence-corrected chi connectivity index (χ0v) is 15.4. The zero-order valence-electron chi connectivity index (χ0n) is 14.6. The molecule has 1 atom stereocenters. The molecule has 3 rings (SSSR count). The molecule has 6 heteroatoms. The largest absolute Gasteiger partial charge is 0.490 e. The minimum Gasteiger partial charge on any atom is -0.490 e. The molecule has 1 saturated carbocycles. The minimum absolute atomic E-state index is 0.242. The third kappa shape index (κ3) is 3.95. The van der Waals surface area contributed by atoms with Crippen LogP contribution in [0, 0.1) is 0 Å². The lowest BCUT2D eigenvalue weighted by atomic mass is 9.95. The van der Waals surface area contributed by atoms with Crippen LogP contribution in [0.4, 0.5) is 0 Å². The molecule has 0 spiro atoms. The maximum Gasteiger partial charge on any atom is 0.338 e. The number of hydrogen-bond donors (Lipinski definition) is 2. The van der Waals surface area contributed by atoms with Gasteiger partial charge in [0.1, 0.15) is 5.75 Å². The molecule has 1 fully saturated rings. The number of carbonyl (C=O) groups excluding carboxylic acids is 1. The summed E-state index contributed by atoms with van der Waals surface area (Å²) in [6.07, 6.45) is 4.80. The highest BCUT2D eigenvalue weighted by atomic mass is 32.1. The van der Waals surface area contributed by atoms with Crippen LogP contribution >= 0.6 is 12.2 Å². The van der Waals surface area contributed by atoms with Crippen molar-refractivity contribution in [3.8, 4) is 5.75 Å². The van der Waals surface area contributed by atoms with Gasteiger partial charge >= 0.3 is 5.97 Å². The first-order valence-electron chi connectivity index (χ1n) is 8.81. The lowest BCUT2D eigenvalue weighted by Gasteiger charge is -2.31. The number of para-hydroxylation sites is 1. The number of hydrogen-bond acceptors (Lipinski definition) is 4. The molecule has 0 amide bonds. The Hall–Kier alpha value is -2.08. The topological polar surface area (TPSA) is 59.6 Å². The lowest BCUT2D eigenvalue weighted by Crippen LogP contribution is -2.45. The SMILES string of the molecule is CCOC(=O)C1=C(C)NC(=S)NC1c1ccccc1OC1CCCC1. The predicted octanol–water partition coefficient (Wildman–Crippen LogP) is 3.36. The van der Waals surface area contributed by atoms with Crippen molar-refractivity contribution >= 4 is 23.3 Å². The monoisotopic (exact) mass is 360 g/mol. The fourth-order valence-corrected chi connectivity index (χ4v) is 3.69. The van der Waals surface area contributed by atoms with E-state index in [-0.39, 0.29) is 18.1 Å². The van der Waals surface area contributed by atoms with Gasteiger partial charge in [0.2, 0.25) is 0 Å². The third-order valence-corrected chi connectivity index (χ3v) is 4.81. The van der Waals surface area contributed by atoms with E-state index in [0.29, 0.717) is 23.0 Å². The number of nitrogens with one attached hydrogen (secondary N) is 2. The van der Waals surface area contributed by atoms with E-state index in [4.69, 9.17) is 21.7 Å². The molecule has 2 N–H and O–H groups in total. The first-order chi connectivity index (χ1) is 12.1. The van der Waals surface area contributed by atoms with Gasteiger partial charge in [0.15, 0.2) is 5.11 Å². The number of carbonyl (C=O) groups is 1. The van der Waals surface area contributed by atoms with Crippen LogP contribution in [-0.4, -0.2) is 23.8 Å². The zero-order chi connectivity index (χ0) is 17.8. The van der Waals surface area contributed by atoms with E-state index in [9.17, 15) is 4.79 Å². The van der Waals surface area contributed by atoms with E-state index in [1.165, 1.54) is 12.8 Å². The minimum atomic E-state index is -0.384. The Morgan fingerprint density at radius 1 is 1.28 bits per heavy atom. The maximum atomic E-state index is 12.5. The Balaban J connectivity index is 1.96. The van der Waals surface area contributed by atoms with Crippen molar-refractivity contribution in [1.82, 2.24) is 10.6 Å². The van der Waals surface area contributed by atoms with Gasteiger partial charge in [0.25, 0.3) is 0 Å². The highest BCUT2D eigenvalue weighted by Gasteiger charge is 2.33. The number of rotatable bonds is 5. The summed E-state index contributed by atoms with van der Waals surface area (Å²) in [5, 5.41) is 6.71. The van der Waals surface area contributed by atoms with Crippen molar-refractivity contribution in [2.45, 2.75) is 51.7 Å². The van der Waals surface area contributed by atoms with Gasteiger partial charge in [-0.2, -0.15) is 0 Å². The molecule has 0 aromatic heterocycles. The normalized spacial score (nSPS) is 20.9. The molecule has 0 saturated heterocycles. The van der Waals surface area contributed by atoms with Crippen LogP contribution in [0.25, 0.3) is 0 Å². The van der Waals surface area contributed by atoms with Crippen molar-refractivity contribution in [2.24, 2.45) is 0 Å². The molecule has 1 aliphatic carbocycles. The first-order valence-corrected chi connectivity index (χ1v) is 9.22. The van der Waals surface area contributed by atoms with Gasteiger partial charge in [0.05, 0.1) is 24.3 Å². The van der Waals surface area contributed by atoms with Crippen molar-refractivity contribution in [3.05, 3.63) is 41.1 Å². The Morgan fingerprint density at radius 2 is 2.00 bits per heavy atom. The summed E-state index contributed by atoms with van der Waals surface area (Å²) >= 11 is 5.30. The van der Waals surface area contributed by atoms with Gasteiger partial charge in [-0.3, -0.25) is 0 Å². The third-order valence-electron chi connectivity index (χ3n) is 4.59. The standard InChI is InChI=1S/C19H24N2O3S/c1-3-23-18(22)16-12(2)20-19(25)21-17(16)14-10-6-7-11-15(14)24-13-8-4-5-9-13/h6-7,10-11,13,17H,3-5,8-9H2,1-2H3,(H2,20,21,25). The summed E-state index contributed by atoms with van der Waals surface area (Å²) in [7, 11) is 0.